The van der Waals surface area contributed by atoms with Gasteiger partial charge >= 0.3 is 5.97 Å². The van der Waals surface area contributed by atoms with Crippen LogP contribution in [0.15, 0.2) is 24.5 Å². The van der Waals surface area contributed by atoms with E-state index in [0.29, 0.717) is 17.8 Å². The van der Waals surface area contributed by atoms with Crippen LogP contribution in [0.1, 0.15) is 46.1 Å². The molecule has 0 aliphatic carbocycles. The van der Waals surface area contributed by atoms with Crippen LogP contribution in [0.25, 0.3) is 5.78 Å². The van der Waals surface area contributed by atoms with E-state index < -0.39 is 12.0 Å². The molecule has 1 aromatic carbocycles. The molecule has 2 N–H and O–H groups in total. The number of carboxylic acids is 1. The van der Waals surface area contributed by atoms with E-state index in [0.717, 1.165) is 28.1 Å². The lowest BCUT2D eigenvalue weighted by Crippen LogP contribution is -2.34. The summed E-state index contributed by atoms with van der Waals surface area (Å²) < 4.78 is 1.63. The minimum Gasteiger partial charge on any atom is -0.479 e. The molecule has 1 unspecified atom stereocenters. The molecule has 0 fully saturated rings. The Morgan fingerprint density at radius 1 is 1.14 bits per heavy atom. The number of amides is 1. The SMILES string of the molecule is Cc1cc(C)cc(C(NC(=O)CCc2c(C)nc3ncnn3c2C)C(=O)O)c1. The molecule has 3 rings (SSSR count). The number of rotatable bonds is 6. The molecule has 8 nitrogen and oxygen atoms in total. The Hall–Kier alpha value is -3.29. The number of carbonyl (C=O) groups excluding carboxylic acids is 1. The summed E-state index contributed by atoms with van der Waals surface area (Å²) in [7, 11) is 0. The van der Waals surface area contributed by atoms with Gasteiger partial charge in [0.15, 0.2) is 6.04 Å². The van der Waals surface area contributed by atoms with Crippen molar-refractivity contribution in [2.45, 2.75) is 46.6 Å². The van der Waals surface area contributed by atoms with Crippen molar-refractivity contribution in [1.82, 2.24) is 24.9 Å². The normalized spacial score (nSPS) is 12.1. The third kappa shape index (κ3) is 4.00. The summed E-state index contributed by atoms with van der Waals surface area (Å²) in [5.41, 5.74) is 5.04. The van der Waals surface area contributed by atoms with Crippen molar-refractivity contribution in [3.63, 3.8) is 0 Å². The zero-order valence-electron chi connectivity index (χ0n) is 16.4. The van der Waals surface area contributed by atoms with E-state index in [4.69, 9.17) is 0 Å². The van der Waals surface area contributed by atoms with Crippen molar-refractivity contribution in [3.8, 4) is 0 Å². The number of benzene rings is 1. The number of hydrogen-bond acceptors (Lipinski definition) is 5. The quantitative estimate of drug-likeness (QED) is 0.678. The number of nitrogens with zero attached hydrogens (tertiary/aromatic N) is 4. The summed E-state index contributed by atoms with van der Waals surface area (Å²) >= 11 is 0. The van der Waals surface area contributed by atoms with Crippen LogP contribution < -0.4 is 5.32 Å². The summed E-state index contributed by atoms with van der Waals surface area (Å²) in [6, 6.07) is 4.44. The summed E-state index contributed by atoms with van der Waals surface area (Å²) in [5.74, 6) is -0.899. The summed E-state index contributed by atoms with van der Waals surface area (Å²) in [5, 5.41) is 16.4. The van der Waals surface area contributed by atoms with Crippen LogP contribution in [-0.4, -0.2) is 36.6 Å². The fraction of sp³-hybridized carbons (Fsp3) is 0.350. The van der Waals surface area contributed by atoms with Crippen LogP contribution in [-0.2, 0) is 16.0 Å². The number of carbonyl (C=O) groups is 2. The van der Waals surface area contributed by atoms with E-state index >= 15 is 0 Å². The fourth-order valence-corrected chi connectivity index (χ4v) is 3.45. The van der Waals surface area contributed by atoms with Gasteiger partial charge in [-0.1, -0.05) is 29.3 Å². The molecule has 0 saturated heterocycles. The second-order valence-corrected chi connectivity index (χ2v) is 6.99. The molecule has 0 aliphatic heterocycles. The minimum absolute atomic E-state index is 0.151. The van der Waals surface area contributed by atoms with E-state index in [1.807, 2.05) is 33.8 Å². The number of aryl methyl sites for hydroxylation is 4. The van der Waals surface area contributed by atoms with Gasteiger partial charge in [0.2, 0.25) is 5.91 Å². The van der Waals surface area contributed by atoms with Gasteiger partial charge in [0, 0.05) is 17.8 Å². The molecule has 146 valence electrons. The Labute approximate surface area is 162 Å². The summed E-state index contributed by atoms with van der Waals surface area (Å²) in [6.07, 6.45) is 2.02. The smallest absolute Gasteiger partial charge is 0.330 e. The number of carboxylic acid groups (broad SMARTS) is 1. The summed E-state index contributed by atoms with van der Waals surface area (Å²) in [6.45, 7) is 7.57. The molecule has 3 aromatic rings. The van der Waals surface area contributed by atoms with E-state index in [2.05, 4.69) is 20.4 Å². The molecule has 2 heterocycles. The van der Waals surface area contributed by atoms with Crippen LogP contribution in [0.5, 0.6) is 0 Å². The molecular formula is C20H23N5O3. The summed E-state index contributed by atoms with van der Waals surface area (Å²) in [4.78, 5) is 32.7. The molecule has 1 atom stereocenters. The molecule has 0 spiro atoms. The maximum Gasteiger partial charge on any atom is 0.330 e. The molecule has 2 aromatic heterocycles. The minimum atomic E-state index is -1.09. The van der Waals surface area contributed by atoms with Gasteiger partial charge in [-0.15, -0.1) is 0 Å². The number of hydrogen-bond donors (Lipinski definition) is 2. The third-order valence-corrected chi connectivity index (χ3v) is 4.72. The average molecular weight is 381 g/mol. The number of nitrogens with one attached hydrogen (secondary N) is 1. The zero-order valence-corrected chi connectivity index (χ0v) is 16.4. The Morgan fingerprint density at radius 2 is 1.82 bits per heavy atom. The van der Waals surface area contributed by atoms with Gasteiger partial charge in [-0.25, -0.2) is 14.3 Å². The van der Waals surface area contributed by atoms with Gasteiger partial charge in [0.25, 0.3) is 5.78 Å². The van der Waals surface area contributed by atoms with Crippen LogP contribution in [0.3, 0.4) is 0 Å². The number of aliphatic carboxylic acids is 1. The first-order chi connectivity index (χ1) is 13.3. The van der Waals surface area contributed by atoms with Gasteiger partial charge in [0.05, 0.1) is 0 Å². The molecular weight excluding hydrogens is 358 g/mol. The van der Waals surface area contributed by atoms with Crippen molar-refractivity contribution < 1.29 is 14.7 Å². The number of aromatic nitrogens is 4. The van der Waals surface area contributed by atoms with Crippen LogP contribution >= 0.6 is 0 Å². The highest BCUT2D eigenvalue weighted by atomic mass is 16.4. The first-order valence-corrected chi connectivity index (χ1v) is 9.02. The topological polar surface area (TPSA) is 109 Å². The Kier molecular flexibility index (Phi) is 5.39. The third-order valence-electron chi connectivity index (χ3n) is 4.72. The van der Waals surface area contributed by atoms with Gasteiger partial charge < -0.3 is 10.4 Å². The Bertz CT molecular complexity index is 1040. The van der Waals surface area contributed by atoms with Gasteiger partial charge in [-0.3, -0.25) is 4.79 Å². The second kappa shape index (κ2) is 7.75. The standard InChI is InChI=1S/C20H23N5O3/c1-11-7-12(2)9-15(8-11)18(19(27)28)24-17(26)6-5-16-13(3)23-20-21-10-22-25(20)14(16)4/h7-10,18H,5-6H2,1-4H3,(H,24,26)(H,27,28). The molecule has 0 aliphatic rings. The Balaban J connectivity index is 1.75. The molecule has 1 amide bonds. The highest BCUT2D eigenvalue weighted by molar-refractivity contribution is 5.84. The van der Waals surface area contributed by atoms with Crippen molar-refractivity contribution in [1.29, 1.82) is 0 Å². The lowest BCUT2D eigenvalue weighted by Gasteiger charge is -2.17. The average Bonchev–Trinajstić information content (AvgIpc) is 3.06. The van der Waals surface area contributed by atoms with E-state index in [-0.39, 0.29) is 12.3 Å². The van der Waals surface area contributed by atoms with Crippen molar-refractivity contribution in [3.05, 3.63) is 58.2 Å². The van der Waals surface area contributed by atoms with E-state index in [1.54, 1.807) is 16.6 Å². The largest absolute Gasteiger partial charge is 0.479 e. The highest BCUT2D eigenvalue weighted by Crippen LogP contribution is 2.19. The monoisotopic (exact) mass is 381 g/mol. The maximum atomic E-state index is 12.5. The molecule has 28 heavy (non-hydrogen) atoms. The molecule has 0 bridgehead atoms. The van der Waals surface area contributed by atoms with Crippen molar-refractivity contribution in [2.75, 3.05) is 0 Å². The van der Waals surface area contributed by atoms with Crippen molar-refractivity contribution >= 4 is 17.7 Å². The van der Waals surface area contributed by atoms with Gasteiger partial charge in [-0.05, 0) is 45.2 Å². The Morgan fingerprint density at radius 3 is 2.46 bits per heavy atom. The van der Waals surface area contributed by atoms with Crippen LogP contribution in [0.2, 0.25) is 0 Å². The second-order valence-electron chi connectivity index (χ2n) is 6.99. The predicted octanol–water partition coefficient (Wildman–Crippen LogP) is 2.23. The lowest BCUT2D eigenvalue weighted by molar-refractivity contribution is -0.142. The molecule has 8 heteroatoms. The zero-order chi connectivity index (χ0) is 20.4. The van der Waals surface area contributed by atoms with E-state index in [9.17, 15) is 14.7 Å². The maximum absolute atomic E-state index is 12.5. The number of fused-ring (bicyclic) bond motifs is 1. The van der Waals surface area contributed by atoms with Crippen LogP contribution in [0, 0.1) is 27.7 Å². The lowest BCUT2D eigenvalue weighted by atomic mass is 10.0. The fourth-order valence-electron chi connectivity index (χ4n) is 3.45. The van der Waals surface area contributed by atoms with Gasteiger partial charge in [0.1, 0.15) is 6.33 Å². The van der Waals surface area contributed by atoms with Gasteiger partial charge in [-0.2, -0.15) is 10.1 Å². The highest BCUT2D eigenvalue weighted by Gasteiger charge is 2.23. The first-order valence-electron chi connectivity index (χ1n) is 9.02. The van der Waals surface area contributed by atoms with Crippen molar-refractivity contribution in [2.24, 2.45) is 0 Å². The molecule has 0 saturated carbocycles. The van der Waals surface area contributed by atoms with E-state index in [1.165, 1.54) is 6.33 Å². The molecule has 0 radical (unpaired) electrons. The first kappa shape index (κ1) is 19.5. The van der Waals surface area contributed by atoms with Crippen LogP contribution in [0.4, 0.5) is 0 Å². The predicted molar refractivity (Wildman–Crippen MR) is 103 cm³/mol.